The van der Waals surface area contributed by atoms with Gasteiger partial charge in [0.2, 0.25) is 0 Å². The largest absolute Gasteiger partial charge is 0.494 e. The minimum absolute atomic E-state index is 0.187. The lowest BCUT2D eigenvalue weighted by Gasteiger charge is -2.14. The van der Waals surface area contributed by atoms with Crippen LogP contribution in [0.3, 0.4) is 0 Å². The van der Waals surface area contributed by atoms with Crippen LogP contribution in [-0.4, -0.2) is 38.7 Å². The number of para-hydroxylation sites is 2. The third-order valence-electron chi connectivity index (χ3n) is 5.14. The summed E-state index contributed by atoms with van der Waals surface area (Å²) >= 11 is 1.36. The van der Waals surface area contributed by atoms with Gasteiger partial charge in [-0.05, 0) is 55.5 Å². The van der Waals surface area contributed by atoms with E-state index in [0.29, 0.717) is 22.9 Å². The minimum Gasteiger partial charge on any atom is -0.494 e. The van der Waals surface area contributed by atoms with Crippen molar-refractivity contribution in [3.8, 4) is 11.4 Å². The van der Waals surface area contributed by atoms with Crippen LogP contribution in [0.1, 0.15) is 27.6 Å². The van der Waals surface area contributed by atoms with Crippen LogP contribution in [0.2, 0.25) is 0 Å². The van der Waals surface area contributed by atoms with E-state index in [0.717, 1.165) is 22.5 Å². The third-order valence-corrected chi connectivity index (χ3v) is 6.06. The van der Waals surface area contributed by atoms with Crippen molar-refractivity contribution in [2.45, 2.75) is 12.1 Å². The van der Waals surface area contributed by atoms with Crippen molar-refractivity contribution in [2.24, 2.45) is 0 Å². The molecule has 3 aromatic carbocycles. The van der Waals surface area contributed by atoms with Crippen molar-refractivity contribution in [3.63, 3.8) is 0 Å². The smallest absolute Gasteiger partial charge is 0.262 e. The summed E-state index contributed by atoms with van der Waals surface area (Å²) in [5.74, 6) is 0.455. The van der Waals surface area contributed by atoms with E-state index in [4.69, 9.17) is 9.72 Å². The summed E-state index contributed by atoms with van der Waals surface area (Å²) in [4.78, 5) is 31.4. The highest BCUT2D eigenvalue weighted by atomic mass is 32.2. The zero-order valence-electron chi connectivity index (χ0n) is 16.8. The van der Waals surface area contributed by atoms with Crippen molar-refractivity contribution in [1.29, 1.82) is 0 Å². The van der Waals surface area contributed by atoms with Gasteiger partial charge in [0.25, 0.3) is 11.8 Å². The van der Waals surface area contributed by atoms with Crippen LogP contribution in [0.5, 0.6) is 5.75 Å². The SMILES string of the molecule is CCOc1ccc(-n2c(SCN3C(=O)c4ccccc4C3=O)nc3ccccc32)cc1. The first-order valence-corrected chi connectivity index (χ1v) is 10.9. The average Bonchev–Trinajstić information content (AvgIpc) is 3.28. The van der Waals surface area contributed by atoms with Crippen LogP contribution in [0.15, 0.2) is 78.0 Å². The summed E-state index contributed by atoms with van der Waals surface area (Å²) in [6.45, 7) is 2.56. The standard InChI is InChI=1S/C24H19N3O3S/c1-2-30-17-13-11-16(12-14-17)27-21-10-6-5-9-20(21)25-24(27)31-15-26-22(28)18-7-3-4-8-19(18)23(26)29/h3-14H,2,15H2,1H3. The van der Waals surface area contributed by atoms with Crippen molar-refractivity contribution in [2.75, 3.05) is 12.5 Å². The molecule has 7 heteroatoms. The van der Waals surface area contributed by atoms with Gasteiger partial charge in [-0.25, -0.2) is 4.98 Å². The Kier molecular flexibility index (Phi) is 4.95. The number of nitrogens with zero attached hydrogens (tertiary/aromatic N) is 3. The Hall–Kier alpha value is -3.58. The van der Waals surface area contributed by atoms with Crippen LogP contribution in [0, 0.1) is 0 Å². The Balaban J connectivity index is 1.47. The number of carbonyl (C=O) groups excluding carboxylic acids is 2. The summed E-state index contributed by atoms with van der Waals surface area (Å²) in [5, 5.41) is 0.710. The lowest BCUT2D eigenvalue weighted by atomic mass is 10.1. The molecule has 0 unspecified atom stereocenters. The molecule has 1 aliphatic rings. The highest BCUT2D eigenvalue weighted by Crippen LogP contribution is 2.31. The van der Waals surface area contributed by atoms with Gasteiger partial charge >= 0.3 is 0 Å². The number of rotatable bonds is 6. The molecule has 0 N–H and O–H groups in total. The highest BCUT2D eigenvalue weighted by Gasteiger charge is 2.35. The Morgan fingerprint density at radius 1 is 0.871 bits per heavy atom. The van der Waals surface area contributed by atoms with E-state index >= 15 is 0 Å². The molecule has 6 nitrogen and oxygen atoms in total. The van der Waals surface area contributed by atoms with Gasteiger partial charge in [0.1, 0.15) is 5.75 Å². The molecule has 0 radical (unpaired) electrons. The predicted octanol–water partition coefficient (Wildman–Crippen LogP) is 4.77. The number of fused-ring (bicyclic) bond motifs is 2. The summed E-state index contributed by atoms with van der Waals surface area (Å²) < 4.78 is 7.59. The first-order valence-electron chi connectivity index (χ1n) is 9.96. The molecule has 0 saturated heterocycles. The van der Waals surface area contributed by atoms with Crippen LogP contribution < -0.4 is 4.74 Å². The summed E-state index contributed by atoms with van der Waals surface area (Å²) in [6, 6.07) is 22.6. The van der Waals surface area contributed by atoms with E-state index < -0.39 is 0 Å². The molecule has 1 aliphatic heterocycles. The van der Waals surface area contributed by atoms with Crippen LogP contribution >= 0.6 is 11.8 Å². The lowest BCUT2D eigenvalue weighted by Crippen LogP contribution is -2.29. The van der Waals surface area contributed by atoms with Gasteiger partial charge < -0.3 is 4.74 Å². The van der Waals surface area contributed by atoms with Gasteiger partial charge in [-0.3, -0.25) is 19.1 Å². The topological polar surface area (TPSA) is 64.4 Å². The van der Waals surface area contributed by atoms with Crippen LogP contribution in [-0.2, 0) is 0 Å². The van der Waals surface area contributed by atoms with E-state index in [1.807, 2.05) is 60.0 Å². The summed E-state index contributed by atoms with van der Waals surface area (Å²) in [7, 11) is 0. The molecule has 0 bridgehead atoms. The van der Waals surface area contributed by atoms with Crippen LogP contribution in [0.25, 0.3) is 16.7 Å². The molecule has 0 atom stereocenters. The number of imidazole rings is 1. The number of aromatic nitrogens is 2. The average molecular weight is 430 g/mol. The molecule has 0 spiro atoms. The number of thioether (sulfide) groups is 1. The first kappa shape index (κ1) is 19.4. The molecule has 4 aromatic rings. The molecular weight excluding hydrogens is 410 g/mol. The van der Waals surface area contributed by atoms with E-state index in [1.54, 1.807) is 24.3 Å². The van der Waals surface area contributed by atoms with E-state index in [1.165, 1.54) is 16.7 Å². The molecule has 154 valence electrons. The Morgan fingerprint density at radius 2 is 1.52 bits per heavy atom. The van der Waals surface area contributed by atoms with Gasteiger partial charge in [0.05, 0.1) is 34.6 Å². The number of benzene rings is 3. The zero-order chi connectivity index (χ0) is 21.4. The molecular formula is C24H19N3O3S. The normalized spacial score (nSPS) is 13.1. The molecule has 2 heterocycles. The Morgan fingerprint density at radius 3 is 2.19 bits per heavy atom. The van der Waals surface area contributed by atoms with Gasteiger partial charge in [0.15, 0.2) is 5.16 Å². The van der Waals surface area contributed by atoms with Crippen molar-refractivity contribution >= 4 is 34.6 Å². The number of ether oxygens (including phenoxy) is 1. The van der Waals surface area contributed by atoms with Crippen molar-refractivity contribution in [1.82, 2.24) is 14.5 Å². The van der Waals surface area contributed by atoms with Gasteiger partial charge in [-0.15, -0.1) is 0 Å². The number of amides is 2. The second-order valence-corrected chi connectivity index (χ2v) is 7.91. The summed E-state index contributed by atoms with van der Waals surface area (Å²) in [5.41, 5.74) is 3.64. The third kappa shape index (κ3) is 3.37. The van der Waals surface area contributed by atoms with Crippen LogP contribution in [0.4, 0.5) is 0 Å². The quantitative estimate of drug-likeness (QED) is 0.326. The molecule has 0 aliphatic carbocycles. The molecule has 5 rings (SSSR count). The van der Waals surface area contributed by atoms with Crippen molar-refractivity contribution in [3.05, 3.63) is 83.9 Å². The molecule has 31 heavy (non-hydrogen) atoms. The van der Waals surface area contributed by atoms with Crippen molar-refractivity contribution < 1.29 is 14.3 Å². The predicted molar refractivity (Wildman–Crippen MR) is 120 cm³/mol. The van der Waals surface area contributed by atoms with E-state index in [9.17, 15) is 9.59 Å². The highest BCUT2D eigenvalue weighted by molar-refractivity contribution is 7.99. The first-order chi connectivity index (χ1) is 15.2. The molecule has 2 amide bonds. The number of hydrogen-bond donors (Lipinski definition) is 0. The second kappa shape index (κ2) is 7.92. The summed E-state index contributed by atoms with van der Waals surface area (Å²) in [6.07, 6.45) is 0. The number of imide groups is 1. The van der Waals surface area contributed by atoms with E-state index in [-0.39, 0.29) is 17.7 Å². The monoisotopic (exact) mass is 429 g/mol. The maximum Gasteiger partial charge on any atom is 0.262 e. The second-order valence-electron chi connectivity index (χ2n) is 7.00. The number of carbonyl (C=O) groups is 2. The molecule has 1 aromatic heterocycles. The van der Waals surface area contributed by atoms with E-state index in [2.05, 4.69) is 0 Å². The Bertz CT molecular complexity index is 1260. The van der Waals surface area contributed by atoms with Gasteiger partial charge in [-0.1, -0.05) is 36.0 Å². The fourth-order valence-corrected chi connectivity index (χ4v) is 4.66. The maximum atomic E-state index is 12.7. The fraction of sp³-hybridized carbons (Fsp3) is 0.125. The van der Waals surface area contributed by atoms with Gasteiger partial charge in [0, 0.05) is 5.69 Å². The fourth-order valence-electron chi connectivity index (χ4n) is 3.69. The number of hydrogen-bond acceptors (Lipinski definition) is 5. The minimum atomic E-state index is -0.267. The molecule has 0 fully saturated rings. The zero-order valence-corrected chi connectivity index (χ0v) is 17.6. The maximum absolute atomic E-state index is 12.7. The van der Waals surface area contributed by atoms with Gasteiger partial charge in [-0.2, -0.15) is 0 Å². The molecule has 0 saturated carbocycles. The lowest BCUT2D eigenvalue weighted by molar-refractivity contribution is 0.0684. The Labute approximate surface area is 183 Å².